The molecular formula is C11H17N5. The third kappa shape index (κ3) is 2.30. The molecule has 0 aliphatic rings. The number of aryl methyl sites for hydroxylation is 1. The summed E-state index contributed by atoms with van der Waals surface area (Å²) >= 11 is 0. The van der Waals surface area contributed by atoms with E-state index in [0.29, 0.717) is 0 Å². The quantitative estimate of drug-likeness (QED) is 0.793. The summed E-state index contributed by atoms with van der Waals surface area (Å²) in [5, 5.41) is 3.13. The van der Waals surface area contributed by atoms with Crippen molar-refractivity contribution in [2.75, 3.05) is 13.6 Å². The maximum absolute atomic E-state index is 4.37. The summed E-state index contributed by atoms with van der Waals surface area (Å²) in [5.74, 6) is 2.10. The van der Waals surface area contributed by atoms with Crippen LogP contribution in [0.15, 0.2) is 24.8 Å². The van der Waals surface area contributed by atoms with Crippen LogP contribution in [0.2, 0.25) is 0 Å². The molecule has 5 heteroatoms. The van der Waals surface area contributed by atoms with Gasteiger partial charge in [-0.2, -0.15) is 0 Å². The van der Waals surface area contributed by atoms with E-state index in [1.54, 1.807) is 0 Å². The van der Waals surface area contributed by atoms with E-state index in [4.69, 9.17) is 0 Å². The standard InChI is InChI=1S/C11H17N5/c1-12-3-7-16-8-5-14-11(16)9-10-13-4-6-15(10)2/h4-6,8,12H,3,7,9H2,1-2H3. The molecule has 16 heavy (non-hydrogen) atoms. The Kier molecular flexibility index (Phi) is 3.36. The van der Waals surface area contributed by atoms with Crippen LogP contribution < -0.4 is 5.32 Å². The molecule has 1 N–H and O–H groups in total. The topological polar surface area (TPSA) is 47.7 Å². The fourth-order valence-electron chi connectivity index (χ4n) is 1.65. The minimum atomic E-state index is 0.778. The van der Waals surface area contributed by atoms with E-state index in [0.717, 1.165) is 31.2 Å². The molecule has 5 nitrogen and oxygen atoms in total. The highest BCUT2D eigenvalue weighted by molar-refractivity contribution is 5.04. The average molecular weight is 219 g/mol. The summed E-state index contributed by atoms with van der Waals surface area (Å²) < 4.78 is 4.18. The Morgan fingerprint density at radius 1 is 1.19 bits per heavy atom. The Balaban J connectivity index is 2.09. The number of aromatic nitrogens is 4. The fourth-order valence-corrected chi connectivity index (χ4v) is 1.65. The maximum Gasteiger partial charge on any atom is 0.116 e. The monoisotopic (exact) mass is 219 g/mol. The lowest BCUT2D eigenvalue weighted by atomic mass is 10.3. The van der Waals surface area contributed by atoms with Crippen LogP contribution in [0.5, 0.6) is 0 Å². The van der Waals surface area contributed by atoms with Crippen LogP contribution in [0.25, 0.3) is 0 Å². The van der Waals surface area contributed by atoms with Gasteiger partial charge in [0.1, 0.15) is 11.6 Å². The van der Waals surface area contributed by atoms with Crippen molar-refractivity contribution < 1.29 is 0 Å². The SMILES string of the molecule is CNCCn1ccnc1Cc1nccn1C. The first-order chi connectivity index (χ1) is 7.81. The molecule has 0 amide bonds. The van der Waals surface area contributed by atoms with Gasteiger partial charge in [0.05, 0.1) is 6.42 Å². The van der Waals surface area contributed by atoms with Gasteiger partial charge in [-0.15, -0.1) is 0 Å². The average Bonchev–Trinajstić information content (AvgIpc) is 2.87. The van der Waals surface area contributed by atoms with Crippen LogP contribution in [0.3, 0.4) is 0 Å². The fraction of sp³-hybridized carbons (Fsp3) is 0.455. The summed E-state index contributed by atoms with van der Waals surface area (Å²) in [6.45, 7) is 1.89. The van der Waals surface area contributed by atoms with Crippen LogP contribution in [0, 0.1) is 0 Å². The Labute approximate surface area is 95.1 Å². The van der Waals surface area contributed by atoms with E-state index in [9.17, 15) is 0 Å². The second-order valence-electron chi connectivity index (χ2n) is 3.77. The first-order valence-electron chi connectivity index (χ1n) is 5.42. The van der Waals surface area contributed by atoms with E-state index >= 15 is 0 Å². The van der Waals surface area contributed by atoms with Gasteiger partial charge < -0.3 is 14.5 Å². The Morgan fingerprint density at radius 3 is 2.62 bits per heavy atom. The van der Waals surface area contributed by atoms with Crippen LogP contribution in [-0.2, 0) is 20.0 Å². The largest absolute Gasteiger partial charge is 0.338 e. The second-order valence-corrected chi connectivity index (χ2v) is 3.77. The number of nitrogens with one attached hydrogen (secondary N) is 1. The predicted molar refractivity (Wildman–Crippen MR) is 62.2 cm³/mol. The Morgan fingerprint density at radius 2 is 1.94 bits per heavy atom. The first kappa shape index (κ1) is 10.9. The van der Waals surface area contributed by atoms with Crippen LogP contribution >= 0.6 is 0 Å². The van der Waals surface area contributed by atoms with Crippen LogP contribution in [-0.4, -0.2) is 32.7 Å². The minimum absolute atomic E-state index is 0.778. The molecule has 0 aliphatic carbocycles. The van der Waals surface area contributed by atoms with Gasteiger partial charge in [-0.05, 0) is 7.05 Å². The van der Waals surface area contributed by atoms with Crippen molar-refractivity contribution in [3.63, 3.8) is 0 Å². The summed E-state index contributed by atoms with van der Waals surface area (Å²) in [6, 6.07) is 0. The van der Waals surface area contributed by atoms with Crippen molar-refractivity contribution in [3.05, 3.63) is 36.4 Å². The van der Waals surface area contributed by atoms with E-state index in [1.807, 2.05) is 43.4 Å². The van der Waals surface area contributed by atoms with Gasteiger partial charge in [-0.3, -0.25) is 0 Å². The van der Waals surface area contributed by atoms with Crippen LogP contribution in [0.4, 0.5) is 0 Å². The zero-order chi connectivity index (χ0) is 11.4. The number of hydrogen-bond donors (Lipinski definition) is 1. The highest BCUT2D eigenvalue weighted by atomic mass is 15.1. The zero-order valence-corrected chi connectivity index (χ0v) is 9.72. The van der Waals surface area contributed by atoms with E-state index in [1.165, 1.54) is 0 Å². The number of imidazole rings is 2. The summed E-state index contributed by atoms with van der Waals surface area (Å²) in [5.41, 5.74) is 0. The smallest absolute Gasteiger partial charge is 0.116 e. The van der Waals surface area contributed by atoms with Crippen molar-refractivity contribution in [2.45, 2.75) is 13.0 Å². The van der Waals surface area contributed by atoms with Gasteiger partial charge in [0.15, 0.2) is 0 Å². The van der Waals surface area contributed by atoms with Crippen molar-refractivity contribution in [2.24, 2.45) is 7.05 Å². The molecule has 0 saturated heterocycles. The third-order valence-electron chi connectivity index (χ3n) is 2.64. The number of likely N-dealkylation sites (N-methyl/N-ethyl adjacent to an activating group) is 1. The normalized spacial score (nSPS) is 10.9. The molecule has 0 bridgehead atoms. The lowest BCUT2D eigenvalue weighted by Gasteiger charge is -2.07. The third-order valence-corrected chi connectivity index (χ3v) is 2.64. The lowest BCUT2D eigenvalue weighted by molar-refractivity contribution is 0.615. The molecule has 2 aromatic heterocycles. The van der Waals surface area contributed by atoms with E-state index in [-0.39, 0.29) is 0 Å². The van der Waals surface area contributed by atoms with Gasteiger partial charge in [-0.1, -0.05) is 0 Å². The molecule has 2 rings (SSSR count). The number of hydrogen-bond acceptors (Lipinski definition) is 3. The van der Waals surface area contributed by atoms with Gasteiger partial charge in [0.2, 0.25) is 0 Å². The van der Waals surface area contributed by atoms with Crippen molar-refractivity contribution in [3.8, 4) is 0 Å². The van der Waals surface area contributed by atoms with Crippen molar-refractivity contribution >= 4 is 0 Å². The molecule has 0 atom stereocenters. The molecular weight excluding hydrogens is 202 g/mol. The highest BCUT2D eigenvalue weighted by Gasteiger charge is 2.06. The Bertz CT molecular complexity index is 443. The van der Waals surface area contributed by atoms with Crippen molar-refractivity contribution in [1.82, 2.24) is 24.4 Å². The first-order valence-corrected chi connectivity index (χ1v) is 5.42. The Hall–Kier alpha value is -1.62. The molecule has 0 fully saturated rings. The lowest BCUT2D eigenvalue weighted by Crippen LogP contribution is -2.16. The molecule has 0 saturated carbocycles. The molecule has 0 spiro atoms. The second kappa shape index (κ2) is 4.94. The van der Waals surface area contributed by atoms with Crippen molar-refractivity contribution in [1.29, 1.82) is 0 Å². The summed E-state index contributed by atoms with van der Waals surface area (Å²) in [6.07, 6.45) is 8.40. The summed E-state index contributed by atoms with van der Waals surface area (Å²) in [7, 11) is 3.96. The summed E-state index contributed by atoms with van der Waals surface area (Å²) in [4.78, 5) is 8.67. The number of nitrogens with zero attached hydrogens (tertiary/aromatic N) is 4. The van der Waals surface area contributed by atoms with E-state index < -0.39 is 0 Å². The molecule has 0 radical (unpaired) electrons. The van der Waals surface area contributed by atoms with Crippen LogP contribution in [0.1, 0.15) is 11.6 Å². The molecule has 0 aromatic carbocycles. The number of rotatable bonds is 5. The van der Waals surface area contributed by atoms with Gasteiger partial charge >= 0.3 is 0 Å². The molecule has 86 valence electrons. The van der Waals surface area contributed by atoms with E-state index in [2.05, 4.69) is 19.9 Å². The van der Waals surface area contributed by atoms with Gasteiger partial charge in [-0.25, -0.2) is 9.97 Å². The minimum Gasteiger partial charge on any atom is -0.338 e. The van der Waals surface area contributed by atoms with Gasteiger partial charge in [0, 0.05) is 44.9 Å². The van der Waals surface area contributed by atoms with Gasteiger partial charge in [0.25, 0.3) is 0 Å². The maximum atomic E-state index is 4.37. The molecule has 2 heterocycles. The molecule has 0 unspecified atom stereocenters. The highest BCUT2D eigenvalue weighted by Crippen LogP contribution is 2.05. The predicted octanol–water partition coefficient (Wildman–Crippen LogP) is 0.427. The molecule has 0 aliphatic heterocycles. The zero-order valence-electron chi connectivity index (χ0n) is 9.72. The molecule has 2 aromatic rings.